The Morgan fingerprint density at radius 3 is 1.50 bits per heavy atom. The summed E-state index contributed by atoms with van der Waals surface area (Å²) in [6.07, 6.45) is 0. The maximum atomic E-state index is 9.19. The summed E-state index contributed by atoms with van der Waals surface area (Å²) in [6.45, 7) is 0. The van der Waals surface area contributed by atoms with Crippen LogP contribution in [0.15, 0.2) is 0 Å². The van der Waals surface area contributed by atoms with E-state index in [9.17, 15) is 14.0 Å². The van der Waals surface area contributed by atoms with Gasteiger partial charge in [-0.25, -0.2) is 0 Å². The van der Waals surface area contributed by atoms with E-state index in [0.717, 1.165) is 7.11 Å². The first-order valence-corrected chi connectivity index (χ1v) is 2.26. The monoisotopic (exact) mass is 114 g/mol. The highest BCUT2D eigenvalue weighted by Crippen LogP contribution is 1.77. The molecule has 0 aromatic rings. The fraction of sp³-hybridized carbons (Fsp3) is 1.00. The SMILES string of the molecule is CO[Cl+3]([O-])([O-])[O-]. The van der Waals surface area contributed by atoms with Gasteiger partial charge in [-0.05, 0) is 0 Å². The molecular formula is CH3ClO4. The van der Waals surface area contributed by atoms with E-state index in [1.807, 2.05) is 0 Å². The molecule has 0 saturated heterocycles. The Morgan fingerprint density at radius 2 is 1.50 bits per heavy atom. The summed E-state index contributed by atoms with van der Waals surface area (Å²) < 4.78 is 30.9. The highest BCUT2D eigenvalue weighted by Gasteiger charge is 2.08. The molecule has 0 aromatic heterocycles. The Kier molecular flexibility index (Phi) is 1.76. The minimum absolute atomic E-state index is 0.796. The van der Waals surface area contributed by atoms with Crippen LogP contribution >= 0.6 is 0 Å². The van der Waals surface area contributed by atoms with Crippen molar-refractivity contribution in [3.63, 3.8) is 0 Å². The van der Waals surface area contributed by atoms with Crippen molar-refractivity contribution in [1.29, 1.82) is 0 Å². The third-order valence-electron chi connectivity index (χ3n) is 0.189. The fourth-order valence-corrected chi connectivity index (χ4v) is 0. The van der Waals surface area contributed by atoms with Gasteiger partial charge in [0, 0.05) is 0 Å². The van der Waals surface area contributed by atoms with Gasteiger partial charge in [0.2, 0.25) is 0 Å². The lowest BCUT2D eigenvalue weighted by Crippen LogP contribution is -2.60. The third kappa shape index (κ3) is 4.13. The molecule has 4 nitrogen and oxygen atoms in total. The molecule has 0 spiro atoms. The van der Waals surface area contributed by atoms with Crippen LogP contribution in [0.3, 0.4) is 0 Å². The van der Waals surface area contributed by atoms with Gasteiger partial charge in [0.1, 0.15) is 0 Å². The lowest BCUT2D eigenvalue weighted by Gasteiger charge is -2.08. The molecule has 0 fully saturated rings. The van der Waals surface area contributed by atoms with Crippen LogP contribution < -0.4 is 14.0 Å². The van der Waals surface area contributed by atoms with Crippen molar-refractivity contribution in [2.45, 2.75) is 0 Å². The van der Waals surface area contributed by atoms with Crippen LogP contribution in [0.1, 0.15) is 0 Å². The van der Waals surface area contributed by atoms with Crippen LogP contribution in [0.5, 0.6) is 0 Å². The molecule has 5 heteroatoms. The van der Waals surface area contributed by atoms with Crippen LogP contribution in [0.2, 0.25) is 0 Å². The smallest absolute Gasteiger partial charge is 0.183 e. The second-order valence-corrected chi connectivity index (χ2v) is 1.60. The number of hydrogen-bond acceptors (Lipinski definition) is 4. The molecule has 0 rings (SSSR count). The first-order valence-electron chi connectivity index (χ1n) is 1.03. The van der Waals surface area contributed by atoms with E-state index in [-0.39, 0.29) is 0 Å². The van der Waals surface area contributed by atoms with Gasteiger partial charge in [-0.15, -0.1) is 0 Å². The predicted octanol–water partition coefficient (Wildman–Crippen LogP) is -3.47. The Bertz CT molecular complexity index is 37.3. The largest absolute Gasteiger partial charge is 0.193 e. The molecule has 0 aromatic carbocycles. The second kappa shape index (κ2) is 1.72. The van der Waals surface area contributed by atoms with Gasteiger partial charge in [0.05, 0.1) is 14.5 Å². The van der Waals surface area contributed by atoms with Crippen molar-refractivity contribution in [2.75, 3.05) is 7.11 Å². The standard InChI is InChI=1S/CH3ClO4/c1-6-2(3,4)5/h1H3. The van der Waals surface area contributed by atoms with Crippen LogP contribution in [-0.2, 0) is 4.29 Å². The Balaban J connectivity index is 3.17. The number of rotatable bonds is 1. The van der Waals surface area contributed by atoms with E-state index < -0.39 is 10.2 Å². The molecular weight excluding hydrogens is 111 g/mol. The Morgan fingerprint density at radius 1 is 1.33 bits per heavy atom. The van der Waals surface area contributed by atoms with E-state index in [4.69, 9.17) is 0 Å². The molecule has 0 amide bonds. The summed E-state index contributed by atoms with van der Waals surface area (Å²) >= 11 is 0. The lowest BCUT2D eigenvalue weighted by atomic mass is 11.8. The van der Waals surface area contributed by atoms with Crippen LogP contribution in [0.4, 0.5) is 0 Å². The molecule has 6 heavy (non-hydrogen) atoms. The summed E-state index contributed by atoms with van der Waals surface area (Å²) in [7, 11) is -3.38. The quantitative estimate of drug-likeness (QED) is 0.355. The van der Waals surface area contributed by atoms with Gasteiger partial charge in [0.25, 0.3) is 0 Å². The van der Waals surface area contributed by atoms with Gasteiger partial charge in [-0.3, -0.25) is 0 Å². The Hall–Kier alpha value is 0.130. The predicted molar refractivity (Wildman–Crippen MR) is 7.01 cm³/mol. The molecule has 0 aliphatic rings. The van der Waals surface area contributed by atoms with Gasteiger partial charge in [-0.1, -0.05) is 0 Å². The van der Waals surface area contributed by atoms with E-state index in [0.29, 0.717) is 0 Å². The van der Waals surface area contributed by atoms with Crippen LogP contribution in [0, 0.1) is 10.2 Å². The normalized spacial score (nSPS) is 12.0. The van der Waals surface area contributed by atoms with Gasteiger partial charge in [-0.2, -0.15) is 14.0 Å². The molecule has 0 unspecified atom stereocenters. The average Bonchev–Trinajstić information content (AvgIpc) is 1.35. The zero-order chi connectivity index (χ0) is 5.21. The molecule has 0 aliphatic carbocycles. The fourth-order valence-electron chi connectivity index (χ4n) is 0. The lowest BCUT2D eigenvalue weighted by molar-refractivity contribution is -1.92. The van der Waals surface area contributed by atoms with E-state index >= 15 is 0 Å². The summed E-state index contributed by atoms with van der Waals surface area (Å²) in [5, 5.41) is 0. The van der Waals surface area contributed by atoms with Crippen molar-refractivity contribution >= 4 is 0 Å². The number of hydrogen-bond donors (Lipinski definition) is 0. The molecule has 38 valence electrons. The first-order chi connectivity index (χ1) is 2.56. The average molecular weight is 114 g/mol. The summed E-state index contributed by atoms with van der Waals surface area (Å²) in [6, 6.07) is 0. The molecule has 0 saturated carbocycles. The molecule has 0 heterocycles. The summed E-state index contributed by atoms with van der Waals surface area (Å²) in [5.41, 5.74) is 0. The molecule has 0 aliphatic heterocycles. The van der Waals surface area contributed by atoms with Crippen LogP contribution in [-0.4, -0.2) is 7.11 Å². The van der Waals surface area contributed by atoms with Gasteiger partial charge >= 0.3 is 0 Å². The molecule has 0 bridgehead atoms. The van der Waals surface area contributed by atoms with E-state index in [1.165, 1.54) is 0 Å². The molecule has 0 atom stereocenters. The zero-order valence-corrected chi connectivity index (χ0v) is 3.77. The van der Waals surface area contributed by atoms with E-state index in [1.54, 1.807) is 0 Å². The highest BCUT2D eigenvalue weighted by atomic mass is 35.7. The maximum Gasteiger partial charge on any atom is 0.193 e. The highest BCUT2D eigenvalue weighted by molar-refractivity contribution is 3.31. The topological polar surface area (TPSA) is 78.4 Å². The second-order valence-electron chi connectivity index (χ2n) is 0.532. The van der Waals surface area contributed by atoms with Crippen molar-refractivity contribution in [2.24, 2.45) is 0 Å². The van der Waals surface area contributed by atoms with Crippen molar-refractivity contribution < 1.29 is 28.5 Å². The van der Waals surface area contributed by atoms with Crippen molar-refractivity contribution in [3.8, 4) is 0 Å². The third-order valence-corrected chi connectivity index (χ3v) is 0.567. The van der Waals surface area contributed by atoms with Crippen molar-refractivity contribution in [3.05, 3.63) is 0 Å². The van der Waals surface area contributed by atoms with Crippen LogP contribution in [0.25, 0.3) is 0 Å². The minimum Gasteiger partial charge on any atom is -0.183 e. The minimum atomic E-state index is -4.18. The first kappa shape index (κ1) is 6.13. The van der Waals surface area contributed by atoms with Gasteiger partial charge in [0.15, 0.2) is 7.11 Å². The van der Waals surface area contributed by atoms with Crippen molar-refractivity contribution in [1.82, 2.24) is 0 Å². The summed E-state index contributed by atoms with van der Waals surface area (Å²) in [5.74, 6) is 0. The molecule has 0 radical (unpaired) electrons. The summed E-state index contributed by atoms with van der Waals surface area (Å²) in [4.78, 5) is 0. The Labute approximate surface area is 36.7 Å². The number of halogens is 1. The molecule has 0 N–H and O–H groups in total. The maximum absolute atomic E-state index is 9.19. The van der Waals surface area contributed by atoms with Gasteiger partial charge < -0.3 is 0 Å². The van der Waals surface area contributed by atoms with E-state index in [2.05, 4.69) is 4.29 Å². The zero-order valence-electron chi connectivity index (χ0n) is 3.01.